The van der Waals surface area contributed by atoms with Crippen LogP contribution < -0.4 is 25.2 Å². The lowest BCUT2D eigenvalue weighted by molar-refractivity contribution is -0.147. The fraction of sp³-hybridized carbons (Fsp3) is 0.400. The number of amides is 4. The first-order valence-corrected chi connectivity index (χ1v) is 26.2. The van der Waals surface area contributed by atoms with E-state index in [1.807, 2.05) is 31.2 Å². The van der Waals surface area contributed by atoms with Gasteiger partial charge in [0.05, 0.1) is 64.5 Å². The van der Waals surface area contributed by atoms with E-state index in [4.69, 9.17) is 26.4 Å². The Morgan fingerprint density at radius 1 is 0.938 bits per heavy atom. The van der Waals surface area contributed by atoms with Crippen LogP contribution in [0.25, 0.3) is 21.7 Å². The standard InChI is InChI=1S/C55H54F8N8O8S2/c1-27(30-9-11-31(12-10-30)47-28(2)66-26-81-47)67-49(74)41-19-35(79-29(3)72)22-69(41)50(75)48(53(4,5)6)68-43(73)25-77-23-38(58)39(59)24-78-42-16-14-32(17-36(42)56)46-37(57)18-34(21-65-46)71-52(80)70(51(76)54(71,7)8)40-15-13-33(20-64)44(45(40)60)55(61,62)63/h9-18,21,26-27,35,38-39,41,48H,19,22-25H2,1-8H3,(H,67,74)(H,68,73)/t27-,35+,38?,39?,41-,48+/m0/s1. The number of ether oxygens (including phenoxy) is 3. The van der Waals surface area contributed by atoms with Gasteiger partial charge >= 0.3 is 12.1 Å². The molecule has 2 saturated heterocycles. The number of carbonyl (C=O) groups is 5. The van der Waals surface area contributed by atoms with E-state index in [0.717, 1.165) is 63.1 Å². The number of aryl methyl sites for hydroxylation is 1. The van der Waals surface area contributed by atoms with E-state index >= 15 is 22.0 Å². The Kier molecular flexibility index (Phi) is 18.2. The first-order chi connectivity index (χ1) is 37.9. The largest absolute Gasteiger partial charge is 0.487 e. The monoisotopic (exact) mass is 1170 g/mol. The molecule has 2 aromatic heterocycles. The second-order valence-corrected chi connectivity index (χ2v) is 22.0. The number of carbonyl (C=O) groups excluding carboxylic acids is 5. The topological polar surface area (TPSA) is 196 Å². The van der Waals surface area contributed by atoms with E-state index in [1.165, 1.54) is 43.1 Å². The molecule has 5 aromatic rings. The molecule has 4 heterocycles. The van der Waals surface area contributed by atoms with Crippen LogP contribution in [-0.2, 0) is 39.6 Å². The summed E-state index contributed by atoms with van der Waals surface area (Å²) < 4.78 is 134. The van der Waals surface area contributed by atoms with Crippen molar-refractivity contribution in [1.82, 2.24) is 25.5 Å². The van der Waals surface area contributed by atoms with Crippen molar-refractivity contribution in [3.63, 3.8) is 0 Å². The fourth-order valence-electron chi connectivity index (χ4n) is 9.24. The molecular formula is C55H54F8N8O8S2. The highest BCUT2D eigenvalue weighted by atomic mass is 32.1. The van der Waals surface area contributed by atoms with Gasteiger partial charge < -0.3 is 34.6 Å². The van der Waals surface area contributed by atoms with Gasteiger partial charge in [-0.3, -0.25) is 33.9 Å². The Morgan fingerprint density at radius 2 is 1.60 bits per heavy atom. The molecule has 0 spiro atoms. The summed E-state index contributed by atoms with van der Waals surface area (Å²) in [5.41, 5.74) is -3.02. The summed E-state index contributed by atoms with van der Waals surface area (Å²) >= 11 is 6.90. The molecule has 81 heavy (non-hydrogen) atoms. The number of nitrogens with one attached hydrogen (secondary N) is 2. The van der Waals surface area contributed by atoms with Crippen molar-refractivity contribution in [2.45, 2.75) is 110 Å². The third-order valence-corrected chi connectivity index (χ3v) is 14.7. The average Bonchev–Trinajstić information content (AvgIpc) is 4.16. The Morgan fingerprint density at radius 3 is 2.20 bits per heavy atom. The predicted molar refractivity (Wildman–Crippen MR) is 284 cm³/mol. The zero-order chi connectivity index (χ0) is 59.6. The van der Waals surface area contributed by atoms with Crippen molar-refractivity contribution in [3.8, 4) is 33.5 Å². The van der Waals surface area contributed by atoms with Gasteiger partial charge in [0, 0.05) is 25.0 Å². The van der Waals surface area contributed by atoms with Crippen LogP contribution in [0.5, 0.6) is 5.75 Å². The van der Waals surface area contributed by atoms with Crippen LogP contribution in [-0.4, -0.2) is 112 Å². The van der Waals surface area contributed by atoms with Crippen LogP contribution in [0.1, 0.15) is 83.3 Å². The summed E-state index contributed by atoms with van der Waals surface area (Å²) in [4.78, 5) is 79.1. The third kappa shape index (κ3) is 13.3. The summed E-state index contributed by atoms with van der Waals surface area (Å²) in [7, 11) is 0. The minimum atomic E-state index is -5.32. The van der Waals surface area contributed by atoms with Crippen molar-refractivity contribution >= 4 is 69.6 Å². The highest BCUT2D eigenvalue weighted by molar-refractivity contribution is 7.81. The van der Waals surface area contributed by atoms with Gasteiger partial charge in [-0.1, -0.05) is 45.0 Å². The smallest absolute Gasteiger partial charge is 0.420 e. The number of likely N-dealkylation sites (tertiary alicyclic amines) is 1. The lowest BCUT2D eigenvalue weighted by Crippen LogP contribution is -2.58. The zero-order valence-corrected chi connectivity index (χ0v) is 46.4. The normalized spacial score (nSPS) is 17.8. The molecule has 4 amide bonds. The minimum absolute atomic E-state index is 0.0278. The first-order valence-electron chi connectivity index (χ1n) is 24.9. The van der Waals surface area contributed by atoms with Crippen LogP contribution in [0.15, 0.2) is 72.4 Å². The fourth-order valence-corrected chi connectivity index (χ4v) is 10.6. The van der Waals surface area contributed by atoms with E-state index < -0.39 is 154 Å². The number of hydrogen-bond acceptors (Lipinski definition) is 13. The van der Waals surface area contributed by atoms with Crippen LogP contribution >= 0.6 is 23.6 Å². The third-order valence-electron chi connectivity index (χ3n) is 13.4. The van der Waals surface area contributed by atoms with Gasteiger partial charge in [0.1, 0.15) is 48.2 Å². The molecule has 2 N–H and O–H groups in total. The molecule has 26 heteroatoms. The zero-order valence-electron chi connectivity index (χ0n) is 44.7. The number of benzene rings is 3. The molecule has 430 valence electrons. The van der Waals surface area contributed by atoms with Crippen molar-refractivity contribution in [2.75, 3.05) is 36.2 Å². The van der Waals surface area contributed by atoms with E-state index in [9.17, 15) is 42.4 Å². The molecule has 2 fully saturated rings. The molecule has 3 aromatic carbocycles. The molecule has 2 aliphatic rings. The van der Waals surface area contributed by atoms with Crippen molar-refractivity contribution < 1.29 is 73.3 Å². The van der Waals surface area contributed by atoms with Crippen molar-refractivity contribution in [2.24, 2.45) is 5.41 Å². The van der Waals surface area contributed by atoms with Gasteiger partial charge in [-0.2, -0.15) is 18.4 Å². The SMILES string of the molecule is CC(=O)O[C@@H]1C[C@@H](C(=O)N[C@@H](C)c2ccc(-c3scnc3C)cc2)N(C(=O)[C@@H](NC(=O)COCC(F)C(F)COc2ccc(-c3ncc(N4C(=S)N(c5ccc(C#N)c(C(F)(F)F)c5F)C(=O)C4(C)C)cc3F)cc2F)C(C)(C)C)C1. The summed E-state index contributed by atoms with van der Waals surface area (Å²) in [5.74, 6) is -8.49. The molecular weight excluding hydrogens is 1120 g/mol. The number of aromatic nitrogens is 2. The van der Waals surface area contributed by atoms with Gasteiger partial charge in [-0.15, -0.1) is 11.3 Å². The summed E-state index contributed by atoms with van der Waals surface area (Å²) in [5, 5.41) is 14.1. The number of halogens is 8. The van der Waals surface area contributed by atoms with Gasteiger partial charge in [-0.25, -0.2) is 26.9 Å². The van der Waals surface area contributed by atoms with Crippen LogP contribution in [0.3, 0.4) is 0 Å². The molecule has 2 aliphatic heterocycles. The maximum Gasteiger partial charge on any atom is 0.420 e. The average molecular weight is 1170 g/mol. The van der Waals surface area contributed by atoms with Gasteiger partial charge in [0.25, 0.3) is 5.91 Å². The molecule has 0 radical (unpaired) electrons. The van der Waals surface area contributed by atoms with Crippen molar-refractivity contribution in [3.05, 3.63) is 112 Å². The Labute approximate surface area is 469 Å². The van der Waals surface area contributed by atoms with Crippen molar-refractivity contribution in [1.29, 1.82) is 5.26 Å². The Balaban J connectivity index is 0.927. The number of esters is 1. The second kappa shape index (κ2) is 24.2. The van der Waals surface area contributed by atoms with E-state index in [0.29, 0.717) is 11.0 Å². The number of nitriles is 1. The molecule has 6 atom stereocenters. The van der Waals surface area contributed by atoms with Gasteiger partial charge in [0.15, 0.2) is 40.7 Å². The molecule has 2 unspecified atom stereocenters. The van der Waals surface area contributed by atoms with Crippen LogP contribution in [0.4, 0.5) is 46.5 Å². The summed E-state index contributed by atoms with van der Waals surface area (Å²) in [6, 6.07) is 11.2. The Bertz CT molecular complexity index is 3300. The quantitative estimate of drug-likeness (QED) is 0.0479. The first kappa shape index (κ1) is 61.0. The van der Waals surface area contributed by atoms with Gasteiger partial charge in [-0.05, 0) is 86.8 Å². The molecule has 7 rings (SSSR count). The molecule has 16 nitrogen and oxygen atoms in total. The number of hydrogen-bond donors (Lipinski definition) is 2. The number of alkyl halides is 5. The van der Waals surface area contributed by atoms with Gasteiger partial charge in [0.2, 0.25) is 17.7 Å². The van der Waals surface area contributed by atoms with Crippen LogP contribution in [0, 0.1) is 41.1 Å². The molecule has 0 bridgehead atoms. The maximum atomic E-state index is 15.8. The van der Waals surface area contributed by atoms with E-state index in [1.54, 1.807) is 33.2 Å². The highest BCUT2D eigenvalue weighted by Gasteiger charge is 2.52. The van der Waals surface area contributed by atoms with E-state index in [2.05, 4.69) is 20.6 Å². The number of thiocarbonyl (C=S) groups is 1. The number of pyridine rings is 1. The summed E-state index contributed by atoms with van der Waals surface area (Å²) in [6.45, 7) is 9.41. The Hall–Kier alpha value is -7.63. The van der Waals surface area contributed by atoms with E-state index in [-0.39, 0.29) is 24.2 Å². The summed E-state index contributed by atoms with van der Waals surface area (Å²) in [6.07, 6.45) is -9.99. The number of nitrogens with zero attached hydrogens (tertiary/aromatic N) is 6. The lowest BCUT2D eigenvalue weighted by atomic mass is 9.85. The highest BCUT2D eigenvalue weighted by Crippen LogP contribution is 2.43. The predicted octanol–water partition coefficient (Wildman–Crippen LogP) is 9.42. The molecule has 0 aliphatic carbocycles. The lowest BCUT2D eigenvalue weighted by Gasteiger charge is -2.35. The number of rotatable bonds is 18. The maximum absolute atomic E-state index is 15.8. The molecule has 0 saturated carbocycles. The minimum Gasteiger partial charge on any atom is -0.487 e. The number of anilines is 2. The number of thiazole rings is 1. The second-order valence-electron chi connectivity index (χ2n) is 20.7. The van der Waals surface area contributed by atoms with Crippen LogP contribution in [0.2, 0.25) is 0 Å².